The summed E-state index contributed by atoms with van der Waals surface area (Å²) in [5.41, 5.74) is 0. The van der Waals surface area contributed by atoms with Crippen molar-refractivity contribution in [1.82, 2.24) is 0 Å². The molecule has 1 nitrogen and oxygen atoms in total. The summed E-state index contributed by atoms with van der Waals surface area (Å²) < 4.78 is 7.08. The van der Waals surface area contributed by atoms with Gasteiger partial charge in [-0.25, -0.2) is 0 Å². The zero-order valence-corrected chi connectivity index (χ0v) is 13.9. The standard InChI is InChI=1S/6ClH.H2O.2W/h6*1H;1H2;;/q;;;;;;;+1;+6/p-7. The summed E-state index contributed by atoms with van der Waals surface area (Å²) >= 11 is 0.583. The first-order valence-corrected chi connectivity index (χ1v) is 24.2. The van der Waals surface area contributed by atoms with Crippen LogP contribution in [0.2, 0.25) is 0 Å². The Morgan fingerprint density at radius 2 is 0.778 bits per heavy atom. The van der Waals surface area contributed by atoms with E-state index >= 15 is 0 Å². The average molecular weight is 597 g/mol. The van der Waals surface area contributed by atoms with Gasteiger partial charge < -0.3 is 0 Å². The van der Waals surface area contributed by atoms with Crippen molar-refractivity contribution in [3.05, 3.63) is 0 Å². The van der Waals surface area contributed by atoms with E-state index in [4.69, 9.17) is 60.3 Å². The molecule has 0 heterocycles. The van der Waals surface area contributed by atoms with Crippen molar-refractivity contribution in [2.75, 3.05) is 0 Å². The molecule has 0 spiro atoms. The van der Waals surface area contributed by atoms with Crippen molar-refractivity contribution < 1.29 is 31.3 Å². The Morgan fingerprint density at radius 1 is 0.778 bits per heavy atom. The molecule has 9 heteroatoms. The Hall–Kier alpha value is 3.08. The zero-order chi connectivity index (χ0) is 8.41. The molecule has 0 aliphatic carbocycles. The molecule has 0 aromatic rings. The molecule has 0 radical (unpaired) electrons. The van der Waals surface area contributed by atoms with Crippen LogP contribution in [-0.4, -0.2) is 3.76 Å². The van der Waals surface area contributed by atoms with E-state index in [1.807, 2.05) is 0 Å². The molecule has 0 saturated heterocycles. The van der Waals surface area contributed by atoms with Crippen LogP contribution < -0.4 is 0 Å². The van der Waals surface area contributed by atoms with Gasteiger partial charge in [0.25, 0.3) is 0 Å². The molecule has 1 N–H and O–H groups in total. The van der Waals surface area contributed by atoms with Gasteiger partial charge in [0.2, 0.25) is 0 Å². The third-order valence-electron chi connectivity index (χ3n) is 0. The van der Waals surface area contributed by atoms with Crippen molar-refractivity contribution in [2.24, 2.45) is 0 Å². The second-order valence-corrected chi connectivity index (χ2v) is 64.4. The first kappa shape index (κ1) is 14.6. The fourth-order valence-corrected chi connectivity index (χ4v) is 0. The zero-order valence-electron chi connectivity index (χ0n) is 3.53. The molecule has 0 aliphatic rings. The van der Waals surface area contributed by atoms with Crippen molar-refractivity contribution in [1.29, 1.82) is 0 Å². The van der Waals surface area contributed by atoms with Crippen LogP contribution in [0.25, 0.3) is 0 Å². The number of hydrogen-bond acceptors (Lipinski definition) is 1. The Kier molecular flexibility index (Phi) is 5.58. The maximum absolute atomic E-state index is 7.08. The van der Waals surface area contributed by atoms with Crippen molar-refractivity contribution in [2.45, 2.75) is 0 Å². The minimum absolute atomic E-state index is 0.583. The summed E-state index contributed by atoms with van der Waals surface area (Å²) in [6.07, 6.45) is 0. The Morgan fingerprint density at radius 3 is 0.778 bits per heavy atom. The van der Waals surface area contributed by atoms with E-state index in [-0.39, 0.29) is 0 Å². The van der Waals surface area contributed by atoms with E-state index in [0.29, 0.717) is 20.2 Å². The van der Waals surface area contributed by atoms with Gasteiger partial charge in [-0.05, 0) is 0 Å². The van der Waals surface area contributed by atoms with Crippen molar-refractivity contribution in [3.63, 3.8) is 0 Å². The van der Waals surface area contributed by atoms with E-state index in [9.17, 15) is 0 Å². The van der Waals surface area contributed by atoms with Gasteiger partial charge in [0.15, 0.2) is 0 Å². The molecule has 0 bridgehead atoms. The van der Waals surface area contributed by atoms with E-state index in [0.717, 1.165) is 0 Å². The third kappa shape index (κ3) is 96.4. The van der Waals surface area contributed by atoms with Crippen LogP contribution in [0.1, 0.15) is 0 Å². The van der Waals surface area contributed by atoms with Gasteiger partial charge in [-0.2, -0.15) is 0 Å². The van der Waals surface area contributed by atoms with Crippen molar-refractivity contribution in [3.8, 4) is 0 Å². The molecule has 9 heavy (non-hydrogen) atoms. The first-order valence-electron chi connectivity index (χ1n) is 1.11. The summed E-state index contributed by atoms with van der Waals surface area (Å²) in [4.78, 5) is 0. The Labute approximate surface area is 86.3 Å². The Bertz CT molecular complexity index is 69.6. The molecule has 0 unspecified atom stereocenters. The van der Waals surface area contributed by atoms with Gasteiger partial charge in [0.05, 0.1) is 0 Å². The van der Waals surface area contributed by atoms with Crippen LogP contribution in [0.3, 0.4) is 0 Å². The summed E-state index contributed by atoms with van der Waals surface area (Å²) in [6.45, 7) is 0. The van der Waals surface area contributed by atoms with Gasteiger partial charge in [0, 0.05) is 0 Å². The molecule has 0 fully saturated rings. The summed E-state index contributed by atoms with van der Waals surface area (Å²) in [5.74, 6) is 0. The molecular weight excluding hydrogens is 596 g/mol. The molecule has 61 valence electrons. The number of rotatable bonds is 0. The second-order valence-electron chi connectivity index (χ2n) is 0.875. The topological polar surface area (TPSA) is 20.2 Å². The van der Waals surface area contributed by atoms with Crippen LogP contribution in [-0.2, 0) is 27.5 Å². The van der Waals surface area contributed by atoms with E-state index in [1.54, 1.807) is 0 Å². The van der Waals surface area contributed by atoms with Gasteiger partial charge in [-0.15, -0.1) is 0 Å². The van der Waals surface area contributed by atoms with Crippen LogP contribution in [0, 0.1) is 0 Å². The normalized spacial score (nSPS) is 18.6. The summed E-state index contributed by atoms with van der Waals surface area (Å²) in [5, 5.41) is 0. The average Bonchev–Trinajstić information content (AvgIpc) is 1.30. The Balaban J connectivity index is 0. The number of halogens is 6. The van der Waals surface area contributed by atoms with Gasteiger partial charge in [0.1, 0.15) is 0 Å². The maximum atomic E-state index is 7.08. The predicted octanol–water partition coefficient (Wildman–Crippen LogP) is 3.57. The quantitative estimate of drug-likeness (QED) is 0.453. The fraction of sp³-hybridized carbons (Fsp3) is 0. The molecule has 0 atom stereocenters. The van der Waals surface area contributed by atoms with Crippen LogP contribution in [0.4, 0.5) is 0 Å². The monoisotopic (exact) mass is 595 g/mol. The van der Waals surface area contributed by atoms with Crippen LogP contribution >= 0.6 is 56.5 Å². The summed E-state index contributed by atoms with van der Waals surface area (Å²) in [7, 11) is 24.9. The molecule has 0 saturated carbocycles. The van der Waals surface area contributed by atoms with Gasteiger partial charge in [-0.1, -0.05) is 0 Å². The first-order chi connectivity index (χ1) is 3.45. The SMILES string of the molecule is [Cl][W]([Cl])([Cl])([Cl])([Cl])[Cl].[OH][W]. The van der Waals surface area contributed by atoms with Gasteiger partial charge in [-0.3, -0.25) is 0 Å². The van der Waals surface area contributed by atoms with Gasteiger partial charge >= 0.3 is 87.8 Å². The van der Waals surface area contributed by atoms with Crippen LogP contribution in [0.5, 0.6) is 0 Å². The molecule has 0 aromatic carbocycles. The number of hydrogen-bond donors (Lipinski definition) is 1. The molecule has 0 aromatic heterocycles. The predicted molar refractivity (Wildman–Crippen MR) is 37.3 cm³/mol. The van der Waals surface area contributed by atoms with E-state index in [2.05, 4.69) is 0 Å². The summed E-state index contributed by atoms with van der Waals surface area (Å²) in [6, 6.07) is 0. The molecule has 0 aliphatic heterocycles. The minimum atomic E-state index is -5.47. The molecule has 0 amide bonds. The molecular formula is HCl6OW2. The third-order valence-corrected chi connectivity index (χ3v) is 0. The second kappa shape index (κ2) is 3.44. The fourth-order valence-electron chi connectivity index (χ4n) is 0. The van der Waals surface area contributed by atoms with Crippen molar-refractivity contribution >= 4 is 56.5 Å². The van der Waals surface area contributed by atoms with E-state index < -0.39 is 7.31 Å². The van der Waals surface area contributed by atoms with Crippen LogP contribution in [0.15, 0.2) is 0 Å². The van der Waals surface area contributed by atoms with E-state index in [1.165, 1.54) is 0 Å². The molecule has 0 rings (SSSR count).